The zero-order valence-electron chi connectivity index (χ0n) is 16.1. The van der Waals surface area contributed by atoms with Gasteiger partial charge < -0.3 is 9.30 Å². The highest BCUT2D eigenvalue weighted by atomic mass is 19.1. The number of para-hydroxylation sites is 1. The fraction of sp³-hybridized carbons (Fsp3) is 0.0435. The maximum atomic E-state index is 13.3. The Morgan fingerprint density at radius 2 is 1.60 bits per heavy atom. The zero-order valence-corrected chi connectivity index (χ0v) is 16.1. The second-order valence-electron chi connectivity index (χ2n) is 6.64. The number of amides is 2. The number of hydrogen-bond acceptors (Lipinski definition) is 3. The number of nitrogens with zero attached hydrogens (tertiary/aromatic N) is 1. The van der Waals surface area contributed by atoms with Crippen LogP contribution in [0.3, 0.4) is 0 Å². The molecule has 2 amide bonds. The minimum atomic E-state index is -0.611. The monoisotopic (exact) mass is 403 g/mol. The highest BCUT2D eigenvalue weighted by molar-refractivity contribution is 6.01. The van der Waals surface area contributed by atoms with E-state index in [2.05, 4.69) is 10.9 Å². The number of hydrogen-bond donors (Lipinski definition) is 2. The lowest BCUT2D eigenvalue weighted by molar-refractivity contribution is 0.0842. The molecule has 4 aromatic rings. The second-order valence-corrected chi connectivity index (χ2v) is 6.64. The van der Waals surface area contributed by atoms with Gasteiger partial charge in [-0.3, -0.25) is 20.4 Å². The van der Waals surface area contributed by atoms with Crippen LogP contribution in [-0.4, -0.2) is 16.4 Å². The van der Waals surface area contributed by atoms with Crippen molar-refractivity contribution in [2.45, 2.75) is 0 Å². The van der Waals surface area contributed by atoms with Gasteiger partial charge in [-0.2, -0.15) is 0 Å². The summed E-state index contributed by atoms with van der Waals surface area (Å²) in [5, 5.41) is 0.813. The Balaban J connectivity index is 1.50. The first-order valence-electron chi connectivity index (χ1n) is 9.20. The van der Waals surface area contributed by atoms with Gasteiger partial charge in [0.15, 0.2) is 0 Å². The van der Waals surface area contributed by atoms with Crippen molar-refractivity contribution in [1.29, 1.82) is 0 Å². The van der Waals surface area contributed by atoms with Crippen LogP contribution in [0.2, 0.25) is 0 Å². The van der Waals surface area contributed by atoms with Gasteiger partial charge in [0, 0.05) is 23.5 Å². The molecule has 6 nitrogen and oxygen atoms in total. The van der Waals surface area contributed by atoms with E-state index in [1.807, 2.05) is 48.5 Å². The summed E-state index contributed by atoms with van der Waals surface area (Å²) in [6, 6.07) is 21.8. The first-order chi connectivity index (χ1) is 14.5. The number of ether oxygens (including phenoxy) is 1. The molecular weight excluding hydrogens is 385 g/mol. The van der Waals surface area contributed by atoms with Gasteiger partial charge in [-0.25, -0.2) is 4.39 Å². The summed E-state index contributed by atoms with van der Waals surface area (Å²) in [7, 11) is 1.75. The van der Waals surface area contributed by atoms with E-state index < -0.39 is 17.6 Å². The number of fused-ring (bicyclic) bond motifs is 1. The van der Waals surface area contributed by atoms with Crippen molar-refractivity contribution in [2.24, 2.45) is 7.05 Å². The third kappa shape index (κ3) is 4.00. The summed E-state index contributed by atoms with van der Waals surface area (Å²) in [4.78, 5) is 24.7. The zero-order chi connectivity index (χ0) is 21.1. The molecule has 3 aromatic carbocycles. The molecule has 7 heteroatoms. The molecule has 1 heterocycles. The molecular formula is C23H18FN3O3. The van der Waals surface area contributed by atoms with Crippen molar-refractivity contribution in [3.8, 4) is 11.5 Å². The van der Waals surface area contributed by atoms with E-state index in [1.165, 1.54) is 18.2 Å². The molecule has 30 heavy (non-hydrogen) atoms. The third-order valence-corrected chi connectivity index (χ3v) is 4.60. The van der Waals surface area contributed by atoms with Crippen LogP contribution in [-0.2, 0) is 7.05 Å². The van der Waals surface area contributed by atoms with Crippen LogP contribution in [0.25, 0.3) is 10.9 Å². The highest BCUT2D eigenvalue weighted by Gasteiger charge is 2.15. The summed E-state index contributed by atoms with van der Waals surface area (Å²) in [5.41, 5.74) is 5.94. The van der Waals surface area contributed by atoms with Gasteiger partial charge in [0.1, 0.15) is 23.0 Å². The molecule has 0 radical (unpaired) electrons. The van der Waals surface area contributed by atoms with Crippen LogP contribution in [0, 0.1) is 5.82 Å². The van der Waals surface area contributed by atoms with Gasteiger partial charge in [-0.15, -0.1) is 0 Å². The number of nitrogens with one attached hydrogen (secondary N) is 2. The molecule has 4 rings (SSSR count). The molecule has 0 saturated carbocycles. The van der Waals surface area contributed by atoms with Crippen LogP contribution in [0.15, 0.2) is 78.9 Å². The minimum Gasteiger partial charge on any atom is -0.457 e. The molecule has 150 valence electrons. The molecule has 0 spiro atoms. The van der Waals surface area contributed by atoms with Crippen molar-refractivity contribution in [3.05, 3.63) is 95.9 Å². The Labute approximate surface area is 171 Å². The lowest BCUT2D eigenvalue weighted by atomic mass is 10.2. The van der Waals surface area contributed by atoms with Crippen molar-refractivity contribution in [2.75, 3.05) is 0 Å². The fourth-order valence-corrected chi connectivity index (χ4v) is 3.11. The largest absolute Gasteiger partial charge is 0.457 e. The van der Waals surface area contributed by atoms with Gasteiger partial charge in [0.05, 0.1) is 0 Å². The second kappa shape index (κ2) is 8.08. The lowest BCUT2D eigenvalue weighted by Crippen LogP contribution is -2.42. The van der Waals surface area contributed by atoms with Gasteiger partial charge in [-0.05, 0) is 54.6 Å². The summed E-state index contributed by atoms with van der Waals surface area (Å²) >= 11 is 0. The van der Waals surface area contributed by atoms with Gasteiger partial charge in [0.25, 0.3) is 11.8 Å². The minimum absolute atomic E-state index is 0.107. The van der Waals surface area contributed by atoms with Crippen molar-refractivity contribution < 1.29 is 18.7 Å². The Morgan fingerprint density at radius 3 is 2.37 bits per heavy atom. The summed E-state index contributed by atoms with van der Waals surface area (Å²) in [5.74, 6) is -0.281. The summed E-state index contributed by atoms with van der Waals surface area (Å²) in [6.07, 6.45) is 0. The Morgan fingerprint density at radius 1 is 0.833 bits per heavy atom. The molecule has 2 N–H and O–H groups in total. The summed E-state index contributed by atoms with van der Waals surface area (Å²) in [6.45, 7) is 0. The van der Waals surface area contributed by atoms with Crippen molar-refractivity contribution >= 4 is 22.7 Å². The number of rotatable bonds is 4. The number of benzene rings is 3. The van der Waals surface area contributed by atoms with Crippen molar-refractivity contribution in [3.63, 3.8) is 0 Å². The number of carbonyl (C=O) groups excluding carboxylic acids is 2. The van der Waals surface area contributed by atoms with E-state index in [0.29, 0.717) is 17.2 Å². The average molecular weight is 403 g/mol. The van der Waals surface area contributed by atoms with Gasteiger partial charge >= 0.3 is 0 Å². The molecule has 0 aliphatic rings. The smallest absolute Gasteiger partial charge is 0.286 e. The van der Waals surface area contributed by atoms with Crippen LogP contribution in [0.4, 0.5) is 4.39 Å². The number of carbonyl (C=O) groups is 2. The van der Waals surface area contributed by atoms with E-state index in [4.69, 9.17) is 4.74 Å². The SMILES string of the molecule is Cn1c(C(=O)NNC(=O)c2cccc(F)c2)cc2cc(Oc3ccccc3)ccc21. The van der Waals surface area contributed by atoms with Crippen LogP contribution >= 0.6 is 0 Å². The normalized spacial score (nSPS) is 10.6. The summed E-state index contributed by atoms with van der Waals surface area (Å²) < 4.78 is 20.8. The third-order valence-electron chi connectivity index (χ3n) is 4.60. The van der Waals surface area contributed by atoms with Crippen molar-refractivity contribution in [1.82, 2.24) is 15.4 Å². The highest BCUT2D eigenvalue weighted by Crippen LogP contribution is 2.27. The first kappa shape index (κ1) is 19.2. The van der Waals surface area contributed by atoms with E-state index in [9.17, 15) is 14.0 Å². The maximum Gasteiger partial charge on any atom is 0.286 e. The standard InChI is InChI=1S/C23H18FN3O3/c1-27-20-11-10-19(30-18-8-3-2-4-9-18)13-16(20)14-21(27)23(29)26-25-22(28)15-6-5-7-17(24)12-15/h2-14H,1H3,(H,25,28)(H,26,29). The Kier molecular flexibility index (Phi) is 5.17. The maximum absolute atomic E-state index is 13.3. The predicted molar refractivity (Wildman–Crippen MR) is 111 cm³/mol. The number of aromatic nitrogens is 1. The molecule has 0 bridgehead atoms. The van der Waals surface area contributed by atoms with Crippen LogP contribution in [0.5, 0.6) is 11.5 Å². The van der Waals surface area contributed by atoms with E-state index in [1.54, 1.807) is 17.7 Å². The lowest BCUT2D eigenvalue weighted by Gasteiger charge is -2.08. The molecule has 0 saturated heterocycles. The molecule has 0 fully saturated rings. The molecule has 0 unspecified atom stereocenters. The molecule has 0 aliphatic heterocycles. The topological polar surface area (TPSA) is 72.4 Å². The quantitative estimate of drug-likeness (QED) is 0.502. The van der Waals surface area contributed by atoms with E-state index in [0.717, 1.165) is 17.0 Å². The van der Waals surface area contributed by atoms with Gasteiger partial charge in [0.2, 0.25) is 0 Å². The molecule has 1 aromatic heterocycles. The number of hydrazine groups is 1. The number of halogens is 1. The average Bonchev–Trinajstić information content (AvgIpc) is 3.08. The van der Waals surface area contributed by atoms with Gasteiger partial charge in [-0.1, -0.05) is 24.3 Å². The number of aryl methyl sites for hydroxylation is 1. The molecule has 0 atom stereocenters. The van der Waals surface area contributed by atoms with E-state index >= 15 is 0 Å². The predicted octanol–water partition coefficient (Wildman–Crippen LogP) is 4.18. The van der Waals surface area contributed by atoms with Crippen LogP contribution in [0.1, 0.15) is 20.8 Å². The Bertz CT molecular complexity index is 1240. The van der Waals surface area contributed by atoms with Crippen LogP contribution < -0.4 is 15.6 Å². The molecule has 0 aliphatic carbocycles. The van der Waals surface area contributed by atoms with E-state index in [-0.39, 0.29) is 5.56 Å². The Hall–Kier alpha value is -4.13. The first-order valence-corrected chi connectivity index (χ1v) is 9.20. The fourth-order valence-electron chi connectivity index (χ4n) is 3.11.